The summed E-state index contributed by atoms with van der Waals surface area (Å²) in [7, 11) is 0. The van der Waals surface area contributed by atoms with Crippen molar-refractivity contribution in [3.8, 4) is 89.8 Å². The van der Waals surface area contributed by atoms with Crippen LogP contribution in [0, 0.1) is 0 Å². The topological polar surface area (TPSA) is 51.6 Å². The molecule has 0 saturated carbocycles. The molecule has 11 rings (SSSR count). The normalized spacial score (nSPS) is 11.6. The molecular formula is C52H32N4. The molecule has 0 saturated heterocycles. The summed E-state index contributed by atoms with van der Waals surface area (Å²) in [5.74, 6) is 1.89. The van der Waals surface area contributed by atoms with Crippen LogP contribution in [0.5, 0.6) is 0 Å². The molecule has 4 heteroatoms. The minimum Gasteiger partial charge on any atom is -0.264 e. The van der Waals surface area contributed by atoms with E-state index in [4.69, 9.17) is 15.0 Å². The zero-order valence-electron chi connectivity index (χ0n) is 30.3. The summed E-state index contributed by atoms with van der Waals surface area (Å²) >= 11 is 0. The second-order valence-electron chi connectivity index (χ2n) is 14.2. The summed E-state index contributed by atoms with van der Waals surface area (Å²) in [5, 5.41) is 4.80. The van der Waals surface area contributed by atoms with Gasteiger partial charge in [0.15, 0.2) is 17.5 Å². The van der Waals surface area contributed by atoms with Crippen LogP contribution >= 0.6 is 0 Å². The van der Waals surface area contributed by atoms with Crippen molar-refractivity contribution in [2.75, 3.05) is 0 Å². The van der Waals surface area contributed by atoms with E-state index in [1.165, 1.54) is 60.7 Å². The standard InChI is InChI=1S/C52H32N4/c1-4-15-33(16-5-1)45-39-24-10-11-25-40(39)46(34-17-6-2-7-18-34)49-44-29-28-42(41-26-13-27-43(47(41)44)48(45)49)52-55-50(35-19-8-3-9-20-35)54-51(56-52)37-22-12-21-36(31-37)38-23-14-30-53-32-38/h1-32H. The molecule has 0 aliphatic heterocycles. The molecule has 1 aliphatic rings. The number of benzene rings is 8. The van der Waals surface area contributed by atoms with Crippen LogP contribution < -0.4 is 0 Å². The van der Waals surface area contributed by atoms with Gasteiger partial charge in [-0.1, -0.05) is 164 Å². The Labute approximate surface area is 324 Å². The highest BCUT2D eigenvalue weighted by Crippen LogP contribution is 2.58. The third kappa shape index (κ3) is 5.15. The summed E-state index contributed by atoms with van der Waals surface area (Å²) in [6, 6.07) is 64.3. The number of nitrogens with zero attached hydrogens (tertiary/aromatic N) is 4. The van der Waals surface area contributed by atoms with Gasteiger partial charge in [0.25, 0.3) is 0 Å². The largest absolute Gasteiger partial charge is 0.264 e. The van der Waals surface area contributed by atoms with Crippen LogP contribution in [0.1, 0.15) is 0 Å². The van der Waals surface area contributed by atoms with Crippen molar-refractivity contribution in [2.45, 2.75) is 0 Å². The van der Waals surface area contributed by atoms with Crippen molar-refractivity contribution in [1.82, 2.24) is 19.9 Å². The molecule has 260 valence electrons. The van der Waals surface area contributed by atoms with Crippen molar-refractivity contribution in [3.63, 3.8) is 0 Å². The average Bonchev–Trinajstić information content (AvgIpc) is 3.61. The van der Waals surface area contributed by atoms with Gasteiger partial charge in [-0.2, -0.15) is 0 Å². The smallest absolute Gasteiger partial charge is 0.164 e. The summed E-state index contributed by atoms with van der Waals surface area (Å²) in [5.41, 5.74) is 14.8. The van der Waals surface area contributed by atoms with Gasteiger partial charge < -0.3 is 0 Å². The molecule has 10 aromatic rings. The fourth-order valence-electron chi connectivity index (χ4n) is 8.52. The third-order valence-corrected chi connectivity index (χ3v) is 10.9. The SMILES string of the molecule is c1ccc(-c2nc(-c3cccc(-c4cccnc4)c3)nc(-c3ccc4c5c(cccc35)-c3c-4c(-c4ccccc4)c4ccccc4c3-c3ccccc3)n2)cc1. The Hall–Kier alpha value is -7.56. The number of aromatic nitrogens is 4. The number of hydrogen-bond donors (Lipinski definition) is 0. The maximum absolute atomic E-state index is 5.25. The van der Waals surface area contributed by atoms with Crippen LogP contribution in [0.2, 0.25) is 0 Å². The maximum atomic E-state index is 5.25. The molecule has 0 bridgehead atoms. The Kier molecular flexibility index (Phi) is 7.46. The van der Waals surface area contributed by atoms with Gasteiger partial charge in [0.2, 0.25) is 0 Å². The summed E-state index contributed by atoms with van der Waals surface area (Å²) < 4.78 is 0. The van der Waals surface area contributed by atoms with Crippen LogP contribution in [0.15, 0.2) is 194 Å². The first-order chi connectivity index (χ1) is 27.8. The van der Waals surface area contributed by atoms with E-state index in [0.29, 0.717) is 17.5 Å². The van der Waals surface area contributed by atoms with Crippen LogP contribution in [0.25, 0.3) is 111 Å². The summed E-state index contributed by atoms with van der Waals surface area (Å²) in [6.45, 7) is 0. The molecule has 56 heavy (non-hydrogen) atoms. The molecule has 0 N–H and O–H groups in total. The van der Waals surface area contributed by atoms with Crippen LogP contribution in [-0.4, -0.2) is 19.9 Å². The Morgan fingerprint density at radius 1 is 0.286 bits per heavy atom. The molecule has 2 heterocycles. The van der Waals surface area contributed by atoms with Crippen LogP contribution in [-0.2, 0) is 0 Å². The first-order valence-corrected chi connectivity index (χ1v) is 18.9. The molecule has 0 unspecified atom stereocenters. The van der Waals surface area contributed by atoms with Gasteiger partial charge in [0, 0.05) is 34.6 Å². The Bertz CT molecular complexity index is 3010. The first kappa shape index (κ1) is 31.9. The molecule has 0 fully saturated rings. The molecule has 0 atom stereocenters. The van der Waals surface area contributed by atoms with E-state index in [-0.39, 0.29) is 0 Å². The van der Waals surface area contributed by atoms with E-state index in [0.717, 1.165) is 33.2 Å². The van der Waals surface area contributed by atoms with Gasteiger partial charge in [-0.25, -0.2) is 15.0 Å². The number of hydrogen-bond acceptors (Lipinski definition) is 4. The van der Waals surface area contributed by atoms with Crippen molar-refractivity contribution in [3.05, 3.63) is 194 Å². The number of fused-ring (bicyclic) bond motifs is 4. The van der Waals surface area contributed by atoms with Gasteiger partial charge in [0.05, 0.1) is 0 Å². The second-order valence-corrected chi connectivity index (χ2v) is 14.2. The van der Waals surface area contributed by atoms with Gasteiger partial charge in [-0.15, -0.1) is 0 Å². The van der Waals surface area contributed by atoms with Gasteiger partial charge in [-0.05, 0) is 89.8 Å². The monoisotopic (exact) mass is 712 g/mol. The van der Waals surface area contributed by atoms with E-state index in [9.17, 15) is 0 Å². The second kappa shape index (κ2) is 13.1. The van der Waals surface area contributed by atoms with Gasteiger partial charge >= 0.3 is 0 Å². The fourth-order valence-corrected chi connectivity index (χ4v) is 8.52. The lowest BCUT2D eigenvalue weighted by atomic mass is 9.82. The van der Waals surface area contributed by atoms with Crippen molar-refractivity contribution >= 4 is 21.5 Å². The lowest BCUT2D eigenvalue weighted by Crippen LogP contribution is -2.00. The maximum Gasteiger partial charge on any atom is 0.164 e. The lowest BCUT2D eigenvalue weighted by Gasteiger charge is -2.20. The molecule has 0 radical (unpaired) electrons. The Balaban J connectivity index is 1.19. The zero-order valence-corrected chi connectivity index (χ0v) is 30.3. The van der Waals surface area contributed by atoms with Crippen LogP contribution in [0.4, 0.5) is 0 Å². The zero-order chi connectivity index (χ0) is 37.0. The van der Waals surface area contributed by atoms with E-state index < -0.39 is 0 Å². The van der Waals surface area contributed by atoms with Gasteiger partial charge in [-0.3, -0.25) is 4.98 Å². The van der Waals surface area contributed by atoms with Crippen LogP contribution in [0.3, 0.4) is 0 Å². The van der Waals surface area contributed by atoms with E-state index in [2.05, 4.69) is 163 Å². The highest BCUT2D eigenvalue weighted by atomic mass is 15.0. The average molecular weight is 713 g/mol. The van der Waals surface area contributed by atoms with Gasteiger partial charge in [0.1, 0.15) is 0 Å². The predicted molar refractivity (Wildman–Crippen MR) is 230 cm³/mol. The lowest BCUT2D eigenvalue weighted by molar-refractivity contribution is 1.08. The molecule has 2 aromatic heterocycles. The minimum atomic E-state index is 0.620. The van der Waals surface area contributed by atoms with Crippen molar-refractivity contribution < 1.29 is 0 Å². The predicted octanol–water partition coefficient (Wildman–Crippen LogP) is 13.2. The number of pyridine rings is 1. The quantitative estimate of drug-likeness (QED) is 0.172. The summed E-state index contributed by atoms with van der Waals surface area (Å²) in [6.07, 6.45) is 3.68. The minimum absolute atomic E-state index is 0.620. The molecule has 1 aliphatic carbocycles. The van der Waals surface area contributed by atoms with E-state index >= 15 is 0 Å². The van der Waals surface area contributed by atoms with Crippen molar-refractivity contribution in [2.24, 2.45) is 0 Å². The third-order valence-electron chi connectivity index (χ3n) is 10.9. The molecular weight excluding hydrogens is 681 g/mol. The fraction of sp³-hybridized carbons (Fsp3) is 0. The van der Waals surface area contributed by atoms with E-state index in [1.807, 2.05) is 30.5 Å². The Morgan fingerprint density at radius 3 is 1.41 bits per heavy atom. The molecule has 4 nitrogen and oxygen atoms in total. The Morgan fingerprint density at radius 2 is 0.768 bits per heavy atom. The van der Waals surface area contributed by atoms with Crippen molar-refractivity contribution in [1.29, 1.82) is 0 Å². The number of rotatable bonds is 6. The summed E-state index contributed by atoms with van der Waals surface area (Å²) in [4.78, 5) is 19.9. The molecule has 8 aromatic carbocycles. The first-order valence-electron chi connectivity index (χ1n) is 18.9. The molecule has 0 spiro atoms. The molecule has 0 amide bonds. The highest BCUT2D eigenvalue weighted by molar-refractivity contribution is 6.28. The van der Waals surface area contributed by atoms with E-state index in [1.54, 1.807) is 6.20 Å². The highest BCUT2D eigenvalue weighted by Gasteiger charge is 2.31.